The van der Waals surface area contributed by atoms with E-state index >= 15 is 0 Å². The van der Waals surface area contributed by atoms with Crippen molar-refractivity contribution in [3.63, 3.8) is 0 Å². The Morgan fingerprint density at radius 1 is 0.805 bits per heavy atom. The van der Waals surface area contributed by atoms with Crippen LogP contribution in [0.25, 0.3) is 0 Å². The lowest BCUT2D eigenvalue weighted by molar-refractivity contribution is -0.140. The van der Waals surface area contributed by atoms with Crippen molar-refractivity contribution in [3.8, 4) is 0 Å². The molecule has 0 amide bonds. The summed E-state index contributed by atoms with van der Waals surface area (Å²) in [6, 6.07) is 0. The van der Waals surface area contributed by atoms with Crippen molar-refractivity contribution in [2.45, 2.75) is 107 Å². The van der Waals surface area contributed by atoms with Gasteiger partial charge in [-0.3, -0.25) is 9.98 Å². The highest BCUT2D eigenvalue weighted by atomic mass is 16.7. The maximum Gasteiger partial charge on any atom is 0.334 e. The summed E-state index contributed by atoms with van der Waals surface area (Å²) in [5.74, 6) is -0.562. The second kappa shape index (κ2) is 11.1. The Bertz CT molecular complexity index is 1150. The predicted molar refractivity (Wildman–Crippen MR) is 156 cm³/mol. The molecule has 0 radical (unpaired) electrons. The second-order valence-electron chi connectivity index (χ2n) is 12.8. The van der Waals surface area contributed by atoms with Crippen LogP contribution in [0.5, 0.6) is 0 Å². The molecule has 220 valence electrons. The molecular weight excluding hydrogens is 520 g/mol. The maximum atomic E-state index is 12.2. The molecule has 41 heavy (non-hydrogen) atoms. The Kier molecular flexibility index (Phi) is 7.66. The number of esters is 2. The van der Waals surface area contributed by atoms with Gasteiger partial charge in [-0.2, -0.15) is 0 Å². The van der Waals surface area contributed by atoms with Gasteiger partial charge in [-0.05, 0) is 82.8 Å². The second-order valence-corrected chi connectivity index (χ2v) is 12.8. The monoisotopic (exact) mass is 562 g/mol. The number of hydrogen-bond donors (Lipinski definition) is 0. The number of ether oxygens (including phenoxy) is 4. The van der Waals surface area contributed by atoms with Gasteiger partial charge < -0.3 is 18.9 Å². The molecule has 0 aromatic heterocycles. The Morgan fingerprint density at radius 3 is 1.68 bits per heavy atom. The fourth-order valence-electron chi connectivity index (χ4n) is 7.02. The van der Waals surface area contributed by atoms with Crippen molar-refractivity contribution in [2.24, 2.45) is 21.8 Å². The third-order valence-corrected chi connectivity index (χ3v) is 9.85. The number of carbonyl (C=O) groups is 2. The first-order valence-electron chi connectivity index (χ1n) is 15.2. The van der Waals surface area contributed by atoms with Crippen LogP contribution in [0.15, 0.2) is 57.6 Å². The fraction of sp³-hybridized carbons (Fsp3) is 0.636. The molecule has 4 aliphatic heterocycles. The first-order valence-corrected chi connectivity index (χ1v) is 15.2. The molecule has 0 unspecified atom stereocenters. The van der Waals surface area contributed by atoms with Crippen LogP contribution in [-0.2, 0) is 28.5 Å². The molecule has 4 heterocycles. The number of fused-ring (bicyclic) bond motifs is 6. The largest absolute Gasteiger partial charge is 0.455 e. The van der Waals surface area contributed by atoms with Crippen LogP contribution in [0.1, 0.15) is 71.6 Å². The number of hydrogen-bond acceptors (Lipinski definition) is 8. The molecule has 8 heteroatoms. The molecule has 4 fully saturated rings. The van der Waals surface area contributed by atoms with Crippen LogP contribution in [0, 0.1) is 11.8 Å². The fourth-order valence-corrected chi connectivity index (χ4v) is 7.02. The first-order chi connectivity index (χ1) is 19.7. The zero-order valence-electron chi connectivity index (χ0n) is 24.3. The molecule has 6 rings (SSSR count). The molecule has 0 bridgehead atoms. The number of rotatable bonds is 6. The summed E-state index contributed by atoms with van der Waals surface area (Å²) in [7, 11) is 0. The van der Waals surface area contributed by atoms with E-state index in [1.807, 2.05) is 12.4 Å². The van der Waals surface area contributed by atoms with Crippen molar-refractivity contribution in [1.82, 2.24) is 0 Å². The van der Waals surface area contributed by atoms with Crippen LogP contribution < -0.4 is 0 Å². The summed E-state index contributed by atoms with van der Waals surface area (Å²) in [6.07, 6.45) is 15.8. The third-order valence-electron chi connectivity index (χ3n) is 9.85. The summed E-state index contributed by atoms with van der Waals surface area (Å²) in [4.78, 5) is 33.7. The lowest BCUT2D eigenvalue weighted by Gasteiger charge is -2.19. The molecule has 2 aliphatic carbocycles. The summed E-state index contributed by atoms with van der Waals surface area (Å²) in [5.41, 5.74) is 3.08. The summed E-state index contributed by atoms with van der Waals surface area (Å²) < 4.78 is 23.3. The molecule has 0 aromatic carbocycles. The SMILES string of the molecule is C=C1C(=O)O[C@H]2[C@H]1CCC(/C=N/CCC/N=C/C1=C/CC[C@@]3(C)O[C@H]3[C@H]3OC(=O)C(=C)[C@@H]3CC1)=C\CC[C@@]1(C)O[C@@H]21. The number of aliphatic imine (C=N–C) groups is 2. The van der Waals surface area contributed by atoms with Crippen LogP contribution in [0.4, 0.5) is 0 Å². The van der Waals surface area contributed by atoms with Gasteiger partial charge in [-0.25, -0.2) is 9.59 Å². The van der Waals surface area contributed by atoms with Crippen molar-refractivity contribution in [1.29, 1.82) is 0 Å². The molecule has 8 atom stereocenters. The van der Waals surface area contributed by atoms with Gasteiger partial charge in [0, 0.05) is 48.5 Å². The molecular formula is C33H42N2O6. The Morgan fingerprint density at radius 2 is 1.24 bits per heavy atom. The maximum absolute atomic E-state index is 12.2. The Hall–Kier alpha value is -2.84. The van der Waals surface area contributed by atoms with E-state index in [9.17, 15) is 9.59 Å². The molecule has 0 N–H and O–H groups in total. The van der Waals surface area contributed by atoms with E-state index < -0.39 is 0 Å². The van der Waals surface area contributed by atoms with E-state index in [0.29, 0.717) is 24.2 Å². The number of carbonyl (C=O) groups excluding carboxylic acids is 2. The first kappa shape index (κ1) is 28.3. The number of allylic oxidation sites excluding steroid dienone is 4. The van der Waals surface area contributed by atoms with Gasteiger partial charge in [0.15, 0.2) is 0 Å². The minimum Gasteiger partial charge on any atom is -0.455 e. The van der Waals surface area contributed by atoms with Gasteiger partial charge in [-0.1, -0.05) is 25.3 Å². The molecule has 0 aromatic rings. The zero-order chi connectivity index (χ0) is 28.8. The quantitative estimate of drug-likeness (QED) is 0.148. The predicted octanol–water partition coefficient (Wildman–Crippen LogP) is 5.03. The lowest BCUT2D eigenvalue weighted by Crippen LogP contribution is -2.28. The Labute approximate surface area is 242 Å². The van der Waals surface area contributed by atoms with Crippen LogP contribution >= 0.6 is 0 Å². The highest BCUT2D eigenvalue weighted by Crippen LogP contribution is 2.51. The van der Waals surface area contributed by atoms with Crippen molar-refractivity contribution in [3.05, 3.63) is 47.6 Å². The van der Waals surface area contributed by atoms with E-state index in [-0.39, 0.29) is 59.4 Å². The highest BCUT2D eigenvalue weighted by molar-refractivity contribution is 5.91. The number of nitrogens with zero attached hydrogens (tertiary/aromatic N) is 2. The summed E-state index contributed by atoms with van der Waals surface area (Å²) in [5, 5.41) is 0. The average Bonchev–Trinajstić information content (AvgIpc) is 3.75. The normalized spacial score (nSPS) is 43.2. The van der Waals surface area contributed by atoms with E-state index in [1.165, 1.54) is 11.1 Å². The highest BCUT2D eigenvalue weighted by Gasteiger charge is 2.62. The van der Waals surface area contributed by atoms with Crippen LogP contribution in [0.2, 0.25) is 0 Å². The topological polar surface area (TPSA) is 102 Å². The smallest absolute Gasteiger partial charge is 0.334 e. The standard InChI is InChI=1S/C33H42N2O6/c1-20-24-12-10-22(8-5-14-32(3)28(40-32)26(24)38-30(20)36)18-34-16-7-17-35-19-23-9-6-15-33(4)29(41-33)27-25(13-11-23)21(2)31(37)39-27/h8-9,18-19,24-29H,1-2,5-7,10-17H2,3-4H3/b22-8+,23-9+,34-18+,35-19+/t24-,25-,26-,27-,28-,29-,32+,33+/m0/s1. The average molecular weight is 563 g/mol. The Balaban J connectivity index is 0.988. The molecule has 0 spiro atoms. The minimum absolute atomic E-state index is 0.00144. The molecule has 4 saturated heterocycles. The van der Waals surface area contributed by atoms with Gasteiger partial charge in [0.2, 0.25) is 0 Å². The molecule has 8 nitrogen and oxygen atoms in total. The van der Waals surface area contributed by atoms with E-state index in [1.54, 1.807) is 0 Å². The van der Waals surface area contributed by atoms with Crippen LogP contribution in [-0.4, -0.2) is 73.1 Å². The van der Waals surface area contributed by atoms with Crippen molar-refractivity contribution in [2.75, 3.05) is 13.1 Å². The zero-order valence-corrected chi connectivity index (χ0v) is 24.3. The van der Waals surface area contributed by atoms with Gasteiger partial charge in [0.1, 0.15) is 24.4 Å². The van der Waals surface area contributed by atoms with Crippen molar-refractivity contribution < 1.29 is 28.5 Å². The lowest BCUT2D eigenvalue weighted by atomic mass is 9.84. The van der Waals surface area contributed by atoms with Gasteiger partial charge in [0.25, 0.3) is 0 Å². The van der Waals surface area contributed by atoms with Gasteiger partial charge >= 0.3 is 11.9 Å². The van der Waals surface area contributed by atoms with Crippen molar-refractivity contribution >= 4 is 24.4 Å². The molecule has 6 aliphatic rings. The van der Waals surface area contributed by atoms with Gasteiger partial charge in [0.05, 0.1) is 11.2 Å². The number of epoxide rings is 2. The minimum atomic E-state index is -0.282. The summed E-state index contributed by atoms with van der Waals surface area (Å²) in [6.45, 7) is 13.6. The third kappa shape index (κ3) is 5.78. The van der Waals surface area contributed by atoms with E-state index in [4.69, 9.17) is 28.9 Å². The van der Waals surface area contributed by atoms with Crippen LogP contribution in [0.3, 0.4) is 0 Å². The molecule has 0 saturated carbocycles. The van der Waals surface area contributed by atoms with Gasteiger partial charge in [-0.15, -0.1) is 0 Å². The summed E-state index contributed by atoms with van der Waals surface area (Å²) >= 11 is 0. The van der Waals surface area contributed by atoms with E-state index in [0.717, 1.165) is 57.8 Å². The van der Waals surface area contributed by atoms with E-state index in [2.05, 4.69) is 39.2 Å².